The van der Waals surface area contributed by atoms with Crippen molar-refractivity contribution in [3.8, 4) is 0 Å². The summed E-state index contributed by atoms with van der Waals surface area (Å²) >= 11 is 1.66. The van der Waals surface area contributed by atoms with E-state index in [2.05, 4.69) is 32.6 Å². The third-order valence-electron chi connectivity index (χ3n) is 2.97. The average molecular weight is 262 g/mol. The molecule has 0 aromatic carbocycles. The molecule has 2 heterocycles. The van der Waals surface area contributed by atoms with E-state index in [9.17, 15) is 0 Å². The fourth-order valence-electron chi connectivity index (χ4n) is 1.84. The zero-order valence-electron chi connectivity index (χ0n) is 11.2. The molecule has 4 nitrogen and oxygen atoms in total. The third-order valence-corrected chi connectivity index (χ3v) is 3.79. The maximum atomic E-state index is 4.56. The van der Waals surface area contributed by atoms with Crippen LogP contribution in [0.4, 0.5) is 0 Å². The van der Waals surface area contributed by atoms with Gasteiger partial charge in [0, 0.05) is 28.9 Å². The summed E-state index contributed by atoms with van der Waals surface area (Å²) in [5.74, 6) is 0.838. The normalized spacial score (nSPS) is 12.7. The summed E-state index contributed by atoms with van der Waals surface area (Å²) in [5.41, 5.74) is 3.23. The van der Waals surface area contributed by atoms with Gasteiger partial charge in [0.25, 0.3) is 0 Å². The van der Waals surface area contributed by atoms with Crippen molar-refractivity contribution in [1.29, 1.82) is 0 Å². The van der Waals surface area contributed by atoms with Gasteiger partial charge in [-0.3, -0.25) is 0 Å². The van der Waals surface area contributed by atoms with Crippen LogP contribution in [0.5, 0.6) is 0 Å². The van der Waals surface area contributed by atoms with Crippen molar-refractivity contribution in [3.63, 3.8) is 0 Å². The highest BCUT2D eigenvalue weighted by Crippen LogP contribution is 2.16. The first-order valence-electron chi connectivity index (χ1n) is 6.01. The fourth-order valence-corrected chi connectivity index (χ4v) is 2.45. The molecule has 18 heavy (non-hydrogen) atoms. The Morgan fingerprint density at radius 2 is 2.11 bits per heavy atom. The van der Waals surface area contributed by atoms with Gasteiger partial charge in [-0.05, 0) is 27.8 Å². The number of nitrogens with zero attached hydrogens (tertiary/aromatic N) is 3. The molecule has 0 amide bonds. The second-order valence-corrected chi connectivity index (χ2v) is 5.43. The Morgan fingerprint density at radius 3 is 2.67 bits per heavy atom. The van der Waals surface area contributed by atoms with Crippen LogP contribution in [0.2, 0.25) is 0 Å². The van der Waals surface area contributed by atoms with E-state index >= 15 is 0 Å². The van der Waals surface area contributed by atoms with E-state index in [4.69, 9.17) is 0 Å². The summed E-state index contributed by atoms with van der Waals surface area (Å²) in [6, 6.07) is 0.278. The van der Waals surface area contributed by atoms with Crippen LogP contribution in [-0.2, 0) is 6.42 Å². The van der Waals surface area contributed by atoms with Crippen molar-refractivity contribution < 1.29 is 0 Å². The number of aromatic nitrogens is 3. The van der Waals surface area contributed by atoms with Crippen molar-refractivity contribution in [1.82, 2.24) is 20.3 Å². The Morgan fingerprint density at radius 1 is 1.33 bits per heavy atom. The van der Waals surface area contributed by atoms with Crippen LogP contribution in [-0.4, -0.2) is 22.0 Å². The molecule has 1 unspecified atom stereocenters. The topological polar surface area (TPSA) is 50.7 Å². The van der Waals surface area contributed by atoms with E-state index < -0.39 is 0 Å². The van der Waals surface area contributed by atoms with Crippen molar-refractivity contribution in [2.24, 2.45) is 0 Å². The minimum Gasteiger partial charge on any atom is -0.313 e. The zero-order chi connectivity index (χ0) is 13.1. The highest BCUT2D eigenvalue weighted by atomic mass is 32.1. The first kappa shape index (κ1) is 13.1. The predicted molar refractivity (Wildman–Crippen MR) is 73.9 cm³/mol. The molecule has 0 bridgehead atoms. The molecular weight excluding hydrogens is 244 g/mol. The summed E-state index contributed by atoms with van der Waals surface area (Å²) < 4.78 is 0. The standard InChI is InChI=1S/C13H18N4S/c1-8(14-4)12-6-15-13(16-9(12)2)5-11-7-18-10(3)17-11/h6-8,14H,5H2,1-4H3. The van der Waals surface area contributed by atoms with E-state index in [1.165, 1.54) is 0 Å². The molecule has 2 aromatic rings. The van der Waals surface area contributed by atoms with E-state index in [0.29, 0.717) is 6.42 Å². The highest BCUT2D eigenvalue weighted by molar-refractivity contribution is 7.09. The fraction of sp³-hybridized carbons (Fsp3) is 0.462. The van der Waals surface area contributed by atoms with Crippen LogP contribution in [0, 0.1) is 13.8 Å². The number of thiazole rings is 1. The molecule has 0 aliphatic rings. The number of nitrogens with one attached hydrogen (secondary N) is 1. The number of hydrogen-bond donors (Lipinski definition) is 1. The molecule has 1 atom stereocenters. The molecule has 2 aromatic heterocycles. The van der Waals surface area contributed by atoms with Gasteiger partial charge < -0.3 is 5.32 Å². The molecule has 0 aliphatic carbocycles. The molecule has 0 saturated heterocycles. The number of rotatable bonds is 4. The smallest absolute Gasteiger partial charge is 0.134 e. The van der Waals surface area contributed by atoms with Gasteiger partial charge in [0.05, 0.1) is 17.1 Å². The Bertz CT molecular complexity index is 536. The summed E-state index contributed by atoms with van der Waals surface area (Å²) in [4.78, 5) is 13.4. The van der Waals surface area contributed by atoms with Gasteiger partial charge in [0.1, 0.15) is 5.82 Å². The van der Waals surface area contributed by atoms with Gasteiger partial charge in [-0.25, -0.2) is 15.0 Å². The van der Waals surface area contributed by atoms with Crippen LogP contribution < -0.4 is 5.32 Å². The van der Waals surface area contributed by atoms with Gasteiger partial charge in [0.15, 0.2) is 0 Å². The van der Waals surface area contributed by atoms with E-state index in [1.54, 1.807) is 11.3 Å². The lowest BCUT2D eigenvalue weighted by Gasteiger charge is -2.12. The molecule has 2 rings (SSSR count). The first-order valence-corrected chi connectivity index (χ1v) is 6.88. The molecular formula is C13H18N4S. The zero-order valence-corrected chi connectivity index (χ0v) is 12.0. The summed E-state index contributed by atoms with van der Waals surface area (Å²) in [7, 11) is 1.94. The first-order chi connectivity index (χ1) is 8.60. The maximum absolute atomic E-state index is 4.56. The molecule has 0 aliphatic heterocycles. The van der Waals surface area contributed by atoms with Gasteiger partial charge >= 0.3 is 0 Å². The SMILES string of the molecule is CNC(C)c1cnc(Cc2csc(C)n2)nc1C. The molecule has 5 heteroatoms. The molecule has 0 spiro atoms. The summed E-state index contributed by atoms with van der Waals surface area (Å²) in [6.45, 7) is 6.15. The summed E-state index contributed by atoms with van der Waals surface area (Å²) in [6.07, 6.45) is 2.62. The lowest BCUT2D eigenvalue weighted by atomic mass is 10.1. The van der Waals surface area contributed by atoms with Gasteiger partial charge in [-0.2, -0.15) is 0 Å². The Balaban J connectivity index is 2.18. The Hall–Kier alpha value is -1.33. The van der Waals surface area contributed by atoms with E-state index in [-0.39, 0.29) is 6.04 Å². The molecule has 0 saturated carbocycles. The van der Waals surface area contributed by atoms with Crippen LogP contribution in [0.25, 0.3) is 0 Å². The van der Waals surface area contributed by atoms with E-state index in [1.807, 2.05) is 27.1 Å². The minimum atomic E-state index is 0.278. The quantitative estimate of drug-likeness (QED) is 0.919. The van der Waals surface area contributed by atoms with Crippen molar-refractivity contribution in [2.75, 3.05) is 7.05 Å². The van der Waals surface area contributed by atoms with Gasteiger partial charge in [0.2, 0.25) is 0 Å². The van der Waals surface area contributed by atoms with Crippen LogP contribution in [0.3, 0.4) is 0 Å². The minimum absolute atomic E-state index is 0.278. The van der Waals surface area contributed by atoms with Crippen LogP contribution in [0.1, 0.15) is 40.7 Å². The molecule has 1 N–H and O–H groups in total. The number of hydrogen-bond acceptors (Lipinski definition) is 5. The highest BCUT2D eigenvalue weighted by Gasteiger charge is 2.10. The van der Waals surface area contributed by atoms with E-state index in [0.717, 1.165) is 27.8 Å². The summed E-state index contributed by atoms with van der Waals surface area (Å²) in [5, 5.41) is 6.36. The number of aryl methyl sites for hydroxylation is 2. The monoisotopic (exact) mass is 262 g/mol. The lowest BCUT2D eigenvalue weighted by Crippen LogP contribution is -2.15. The second-order valence-electron chi connectivity index (χ2n) is 4.37. The van der Waals surface area contributed by atoms with Crippen molar-refractivity contribution in [3.05, 3.63) is 39.4 Å². The Kier molecular flexibility index (Phi) is 4.04. The van der Waals surface area contributed by atoms with Gasteiger partial charge in [-0.1, -0.05) is 0 Å². The predicted octanol–water partition coefficient (Wildman–Crippen LogP) is 2.42. The molecule has 96 valence electrons. The molecule has 0 fully saturated rings. The largest absolute Gasteiger partial charge is 0.313 e. The maximum Gasteiger partial charge on any atom is 0.134 e. The second kappa shape index (κ2) is 5.54. The molecule has 0 radical (unpaired) electrons. The third kappa shape index (κ3) is 2.91. The lowest BCUT2D eigenvalue weighted by molar-refractivity contribution is 0.638. The van der Waals surface area contributed by atoms with Gasteiger partial charge in [-0.15, -0.1) is 11.3 Å². The van der Waals surface area contributed by atoms with Crippen molar-refractivity contribution >= 4 is 11.3 Å². The van der Waals surface area contributed by atoms with Crippen LogP contribution >= 0.6 is 11.3 Å². The average Bonchev–Trinajstić information content (AvgIpc) is 2.74. The van der Waals surface area contributed by atoms with Crippen molar-refractivity contribution in [2.45, 2.75) is 33.2 Å². The van der Waals surface area contributed by atoms with Crippen LogP contribution in [0.15, 0.2) is 11.6 Å². The Labute approximate surface area is 112 Å².